The van der Waals surface area contributed by atoms with Crippen LogP contribution in [-0.4, -0.2) is 16.4 Å². The molecule has 3 heteroatoms. The van der Waals surface area contributed by atoms with Crippen molar-refractivity contribution in [2.24, 2.45) is 5.92 Å². The molecular formula is C14H21NOSi. The number of hydrogen-bond donors (Lipinski definition) is 1. The van der Waals surface area contributed by atoms with Crippen molar-refractivity contribution in [1.82, 2.24) is 0 Å². The van der Waals surface area contributed by atoms with Gasteiger partial charge in [-0.15, -0.1) is 13.2 Å². The number of nitrogens with two attached hydrogens (primary N) is 1. The van der Waals surface area contributed by atoms with Crippen molar-refractivity contribution in [3.05, 3.63) is 49.6 Å². The van der Waals surface area contributed by atoms with E-state index >= 15 is 0 Å². The second kappa shape index (κ2) is 7.87. The van der Waals surface area contributed by atoms with Gasteiger partial charge >= 0.3 is 0 Å². The van der Waals surface area contributed by atoms with Crippen LogP contribution in [0.4, 0.5) is 5.69 Å². The highest BCUT2D eigenvalue weighted by Crippen LogP contribution is 2.09. The minimum atomic E-state index is -0.628. The lowest BCUT2D eigenvalue weighted by Crippen LogP contribution is -2.20. The Labute approximate surface area is 106 Å². The quantitative estimate of drug-likeness (QED) is 0.432. The van der Waals surface area contributed by atoms with Gasteiger partial charge in [-0.05, 0) is 36.1 Å². The molecule has 1 aromatic rings. The van der Waals surface area contributed by atoms with Crippen LogP contribution in [-0.2, 0) is 4.43 Å². The number of nitrogen functional groups attached to an aromatic ring is 1. The third-order valence-electron chi connectivity index (χ3n) is 2.60. The van der Waals surface area contributed by atoms with Crippen molar-refractivity contribution >= 4 is 20.6 Å². The normalized spacial score (nSPS) is 11.1. The molecule has 0 saturated heterocycles. The van der Waals surface area contributed by atoms with Crippen LogP contribution in [0.15, 0.2) is 49.6 Å². The van der Waals surface area contributed by atoms with Gasteiger partial charge in [-0.1, -0.05) is 24.3 Å². The molecule has 0 aliphatic carbocycles. The fourth-order valence-electron chi connectivity index (χ4n) is 1.66. The Balaban J connectivity index is 2.32. The van der Waals surface area contributed by atoms with E-state index in [1.807, 2.05) is 24.3 Å². The Morgan fingerprint density at radius 3 is 2.29 bits per heavy atom. The summed E-state index contributed by atoms with van der Waals surface area (Å²) in [6, 6.07) is 7.96. The van der Waals surface area contributed by atoms with Gasteiger partial charge in [0.1, 0.15) is 0 Å². The average Bonchev–Trinajstić information content (AvgIpc) is 2.32. The zero-order valence-corrected chi connectivity index (χ0v) is 11.7. The van der Waals surface area contributed by atoms with E-state index in [1.165, 1.54) is 5.19 Å². The smallest absolute Gasteiger partial charge is 0.192 e. The van der Waals surface area contributed by atoms with Gasteiger partial charge in [-0.25, -0.2) is 0 Å². The molecule has 2 N–H and O–H groups in total. The van der Waals surface area contributed by atoms with Gasteiger partial charge in [0.2, 0.25) is 0 Å². The second-order valence-electron chi connectivity index (χ2n) is 4.17. The monoisotopic (exact) mass is 247 g/mol. The molecule has 0 atom stereocenters. The Kier molecular flexibility index (Phi) is 6.36. The minimum absolute atomic E-state index is 0.520. The van der Waals surface area contributed by atoms with Gasteiger partial charge in [0.05, 0.1) is 0 Å². The van der Waals surface area contributed by atoms with Crippen LogP contribution in [0, 0.1) is 5.92 Å². The van der Waals surface area contributed by atoms with Crippen molar-refractivity contribution in [2.75, 3.05) is 12.3 Å². The fourth-order valence-corrected chi connectivity index (χ4v) is 2.78. The summed E-state index contributed by atoms with van der Waals surface area (Å²) in [4.78, 5) is 0. The van der Waals surface area contributed by atoms with Crippen molar-refractivity contribution in [3.63, 3.8) is 0 Å². The van der Waals surface area contributed by atoms with E-state index in [1.54, 1.807) is 0 Å². The highest BCUT2D eigenvalue weighted by atomic mass is 28.2. The minimum Gasteiger partial charge on any atom is -0.418 e. The molecular weight excluding hydrogens is 226 g/mol. The van der Waals surface area contributed by atoms with Crippen LogP contribution < -0.4 is 10.9 Å². The molecule has 92 valence electrons. The van der Waals surface area contributed by atoms with Gasteiger partial charge < -0.3 is 10.2 Å². The molecule has 0 aliphatic heterocycles. The summed E-state index contributed by atoms with van der Waals surface area (Å²) in [5.74, 6) is 0.520. The molecule has 17 heavy (non-hydrogen) atoms. The van der Waals surface area contributed by atoms with Crippen molar-refractivity contribution in [1.29, 1.82) is 0 Å². The summed E-state index contributed by atoms with van der Waals surface area (Å²) in [5.41, 5.74) is 6.44. The molecule has 2 nitrogen and oxygen atoms in total. The maximum Gasteiger partial charge on any atom is 0.192 e. The van der Waals surface area contributed by atoms with Crippen molar-refractivity contribution in [2.45, 2.75) is 12.8 Å². The van der Waals surface area contributed by atoms with E-state index in [2.05, 4.69) is 25.3 Å². The molecule has 0 heterocycles. The lowest BCUT2D eigenvalue weighted by molar-refractivity contribution is 0.266. The Morgan fingerprint density at radius 2 is 1.76 bits per heavy atom. The highest BCUT2D eigenvalue weighted by Gasteiger charge is 2.05. The van der Waals surface area contributed by atoms with Crippen molar-refractivity contribution < 1.29 is 4.43 Å². The Hall–Kier alpha value is -1.32. The maximum absolute atomic E-state index is 5.83. The van der Waals surface area contributed by atoms with Gasteiger partial charge in [0.15, 0.2) is 9.76 Å². The first kappa shape index (κ1) is 13.7. The predicted molar refractivity (Wildman–Crippen MR) is 78.1 cm³/mol. The molecule has 0 unspecified atom stereocenters. The first-order valence-corrected chi connectivity index (χ1v) is 7.18. The largest absolute Gasteiger partial charge is 0.418 e. The Morgan fingerprint density at radius 1 is 1.18 bits per heavy atom. The predicted octanol–water partition coefficient (Wildman–Crippen LogP) is 1.76. The first-order chi connectivity index (χ1) is 8.26. The summed E-state index contributed by atoms with van der Waals surface area (Å²) in [5, 5.41) is 1.29. The summed E-state index contributed by atoms with van der Waals surface area (Å²) in [6.07, 6.45) is 5.87. The number of rotatable bonds is 8. The number of hydrogen-bond acceptors (Lipinski definition) is 2. The summed E-state index contributed by atoms with van der Waals surface area (Å²) >= 11 is 0. The van der Waals surface area contributed by atoms with E-state index in [0.717, 1.165) is 25.1 Å². The molecule has 0 amide bonds. The average molecular weight is 247 g/mol. The molecule has 0 bridgehead atoms. The van der Waals surface area contributed by atoms with Crippen LogP contribution >= 0.6 is 0 Å². The van der Waals surface area contributed by atoms with E-state index in [9.17, 15) is 0 Å². The van der Waals surface area contributed by atoms with Gasteiger partial charge in [-0.2, -0.15) is 0 Å². The number of benzene rings is 1. The zero-order valence-electron chi connectivity index (χ0n) is 10.3. The van der Waals surface area contributed by atoms with Crippen LogP contribution in [0.25, 0.3) is 0 Å². The third-order valence-corrected chi connectivity index (χ3v) is 3.85. The summed E-state index contributed by atoms with van der Waals surface area (Å²) in [7, 11) is -0.628. The van der Waals surface area contributed by atoms with E-state index in [-0.39, 0.29) is 0 Å². The summed E-state index contributed by atoms with van der Waals surface area (Å²) < 4.78 is 5.83. The molecule has 0 aromatic heterocycles. The zero-order chi connectivity index (χ0) is 12.5. The SMILES string of the molecule is C=CCC(CC=C)CO[SiH2]c1ccc(N)cc1. The van der Waals surface area contributed by atoms with Crippen molar-refractivity contribution in [3.8, 4) is 0 Å². The molecule has 1 aromatic carbocycles. The second-order valence-corrected chi connectivity index (χ2v) is 5.68. The van der Waals surface area contributed by atoms with Gasteiger partial charge in [0.25, 0.3) is 0 Å². The van der Waals surface area contributed by atoms with Crippen LogP contribution in [0.3, 0.4) is 0 Å². The molecule has 0 radical (unpaired) electrons. The van der Waals surface area contributed by atoms with Crippen LogP contribution in [0.2, 0.25) is 0 Å². The van der Waals surface area contributed by atoms with E-state index in [4.69, 9.17) is 10.2 Å². The molecule has 0 spiro atoms. The number of allylic oxidation sites excluding steroid dienone is 2. The summed E-state index contributed by atoms with van der Waals surface area (Å²) in [6.45, 7) is 8.33. The molecule has 0 aliphatic rings. The van der Waals surface area contributed by atoms with E-state index < -0.39 is 9.76 Å². The molecule has 0 saturated carbocycles. The molecule has 0 fully saturated rings. The first-order valence-electron chi connectivity index (χ1n) is 5.90. The van der Waals surface area contributed by atoms with Gasteiger partial charge in [0, 0.05) is 12.3 Å². The molecule has 1 rings (SSSR count). The number of anilines is 1. The van der Waals surface area contributed by atoms with E-state index in [0.29, 0.717) is 5.92 Å². The third kappa shape index (κ3) is 5.52. The lowest BCUT2D eigenvalue weighted by Gasteiger charge is -2.13. The highest BCUT2D eigenvalue weighted by molar-refractivity contribution is 6.46. The van der Waals surface area contributed by atoms with Gasteiger partial charge in [-0.3, -0.25) is 0 Å². The van der Waals surface area contributed by atoms with Crippen LogP contribution in [0.5, 0.6) is 0 Å². The fraction of sp³-hybridized carbons (Fsp3) is 0.286. The maximum atomic E-state index is 5.83. The van der Waals surface area contributed by atoms with Crippen LogP contribution in [0.1, 0.15) is 12.8 Å². The lowest BCUT2D eigenvalue weighted by atomic mass is 10.0. The standard InChI is InChI=1S/C14H21NOSi/c1-3-5-12(6-4-2)11-16-17-14-9-7-13(15)8-10-14/h3-4,7-10,12H,1-2,5-6,11,15,17H2. The topological polar surface area (TPSA) is 35.2 Å². The Bertz CT molecular complexity index is 338.